The van der Waals surface area contributed by atoms with Crippen molar-refractivity contribution in [1.29, 1.82) is 0 Å². The molecule has 13 heavy (non-hydrogen) atoms. The largest absolute Gasteiger partial charge is 0.307 e. The molecule has 1 unspecified atom stereocenters. The van der Waals surface area contributed by atoms with E-state index in [1.165, 1.54) is 24.3 Å². The van der Waals surface area contributed by atoms with Gasteiger partial charge in [-0.3, -0.25) is 0 Å². The van der Waals surface area contributed by atoms with Gasteiger partial charge >= 0.3 is 0 Å². The van der Waals surface area contributed by atoms with Crippen LogP contribution in [0.5, 0.6) is 0 Å². The Kier molecular flexibility index (Phi) is 1.87. The molecule has 0 amide bonds. The summed E-state index contributed by atoms with van der Waals surface area (Å²) in [7, 11) is 0. The molecular weight excluding hydrogens is 180 g/mol. The van der Waals surface area contributed by atoms with Crippen molar-refractivity contribution >= 4 is 11.3 Å². The molecule has 2 saturated carbocycles. The van der Waals surface area contributed by atoms with E-state index < -0.39 is 0 Å². The van der Waals surface area contributed by atoms with E-state index in [1.54, 1.807) is 11.3 Å². The Morgan fingerprint density at radius 3 is 3.15 bits per heavy atom. The number of fused-ring (bicyclic) bond motifs is 1. The van der Waals surface area contributed by atoms with Gasteiger partial charge in [0.25, 0.3) is 0 Å². The monoisotopic (exact) mass is 194 g/mol. The summed E-state index contributed by atoms with van der Waals surface area (Å²) >= 11 is 1.75. The van der Waals surface area contributed by atoms with Gasteiger partial charge in [0.05, 0.1) is 0 Å². The summed E-state index contributed by atoms with van der Waals surface area (Å²) in [5.74, 6) is 2.09. The minimum absolute atomic E-state index is 0.800. The predicted octanol–water partition coefficient (Wildman–Crippen LogP) is 2.03. The Hall–Kier alpha value is -0.410. The van der Waals surface area contributed by atoms with Gasteiger partial charge in [0.1, 0.15) is 5.01 Å². The van der Waals surface area contributed by atoms with Gasteiger partial charge in [-0.05, 0) is 31.1 Å². The van der Waals surface area contributed by atoms with E-state index in [0.717, 1.165) is 24.4 Å². The first-order valence-electron chi connectivity index (χ1n) is 5.05. The molecular formula is C10H14N2S. The topological polar surface area (TPSA) is 24.9 Å². The average Bonchev–Trinajstić information content (AvgIpc) is 2.64. The van der Waals surface area contributed by atoms with E-state index in [4.69, 9.17) is 0 Å². The summed E-state index contributed by atoms with van der Waals surface area (Å²) in [6, 6.07) is 0.800. The molecule has 2 fully saturated rings. The number of rotatable bonds is 3. The maximum Gasteiger partial charge on any atom is 0.106 e. The molecule has 0 saturated heterocycles. The van der Waals surface area contributed by atoms with Gasteiger partial charge in [0, 0.05) is 24.2 Å². The van der Waals surface area contributed by atoms with Crippen LogP contribution in [0.25, 0.3) is 0 Å². The highest BCUT2D eigenvalue weighted by Gasteiger charge is 2.47. The van der Waals surface area contributed by atoms with Crippen LogP contribution in [-0.4, -0.2) is 11.0 Å². The van der Waals surface area contributed by atoms with E-state index in [2.05, 4.69) is 10.3 Å². The van der Waals surface area contributed by atoms with Gasteiger partial charge in [-0.1, -0.05) is 0 Å². The molecule has 0 spiro atoms. The summed E-state index contributed by atoms with van der Waals surface area (Å²) in [5, 5.41) is 6.90. The zero-order chi connectivity index (χ0) is 8.67. The lowest BCUT2D eigenvalue weighted by molar-refractivity contribution is 0.474. The second-order valence-electron chi connectivity index (χ2n) is 4.15. The van der Waals surface area contributed by atoms with Gasteiger partial charge < -0.3 is 5.32 Å². The molecule has 2 nitrogen and oxygen atoms in total. The highest BCUT2D eigenvalue weighted by Crippen LogP contribution is 2.51. The van der Waals surface area contributed by atoms with Crippen LogP contribution >= 0.6 is 11.3 Å². The lowest BCUT2D eigenvalue weighted by Gasteiger charge is -2.12. The molecule has 70 valence electrons. The Bertz CT molecular complexity index is 283. The van der Waals surface area contributed by atoms with Crippen molar-refractivity contribution in [3.05, 3.63) is 16.6 Å². The zero-order valence-electron chi connectivity index (χ0n) is 7.57. The van der Waals surface area contributed by atoms with E-state index in [9.17, 15) is 0 Å². The van der Waals surface area contributed by atoms with Gasteiger partial charge in [-0.15, -0.1) is 11.3 Å². The first-order valence-corrected chi connectivity index (χ1v) is 5.93. The Morgan fingerprint density at radius 1 is 1.54 bits per heavy atom. The fraction of sp³-hybridized carbons (Fsp3) is 0.700. The van der Waals surface area contributed by atoms with Crippen LogP contribution < -0.4 is 5.32 Å². The third kappa shape index (κ3) is 1.51. The third-order valence-corrected chi connectivity index (χ3v) is 4.12. The van der Waals surface area contributed by atoms with E-state index in [0.29, 0.717) is 0 Å². The molecule has 3 heteroatoms. The smallest absolute Gasteiger partial charge is 0.106 e. The maximum atomic E-state index is 4.27. The Labute approximate surface area is 82.4 Å². The third-order valence-electron chi connectivity index (χ3n) is 3.34. The van der Waals surface area contributed by atoms with Crippen LogP contribution in [0.15, 0.2) is 11.6 Å². The normalized spacial score (nSPS) is 36.2. The molecule has 2 aliphatic rings. The van der Waals surface area contributed by atoms with Crippen molar-refractivity contribution in [2.75, 3.05) is 0 Å². The number of aromatic nitrogens is 1. The fourth-order valence-corrected chi connectivity index (χ4v) is 3.08. The Morgan fingerprint density at radius 2 is 2.54 bits per heavy atom. The molecule has 1 aromatic rings. The number of nitrogens with one attached hydrogen (secondary N) is 1. The van der Waals surface area contributed by atoms with E-state index >= 15 is 0 Å². The molecule has 0 radical (unpaired) electrons. The first-order chi connectivity index (χ1) is 6.43. The van der Waals surface area contributed by atoms with Crippen molar-refractivity contribution in [2.45, 2.75) is 31.8 Å². The van der Waals surface area contributed by atoms with Crippen molar-refractivity contribution in [3.63, 3.8) is 0 Å². The standard InChI is InChI=1S/C10H14N2S/c1-2-9(8-5-7(1)8)12-6-10-11-3-4-13-10/h3-4,7-9,12H,1-2,5-6H2/t7-,8+,9?/m1/s1. The van der Waals surface area contributed by atoms with Crippen molar-refractivity contribution in [3.8, 4) is 0 Å². The minimum atomic E-state index is 0.800. The highest BCUT2D eigenvalue weighted by molar-refractivity contribution is 7.09. The van der Waals surface area contributed by atoms with Crippen molar-refractivity contribution in [2.24, 2.45) is 11.8 Å². The van der Waals surface area contributed by atoms with Crippen LogP contribution in [0.3, 0.4) is 0 Å². The van der Waals surface area contributed by atoms with Crippen LogP contribution in [0, 0.1) is 11.8 Å². The zero-order valence-corrected chi connectivity index (χ0v) is 8.39. The molecule has 1 N–H and O–H groups in total. The number of nitrogens with zero attached hydrogens (tertiary/aromatic N) is 1. The molecule has 0 aromatic carbocycles. The quantitative estimate of drug-likeness (QED) is 0.796. The van der Waals surface area contributed by atoms with Crippen molar-refractivity contribution in [1.82, 2.24) is 10.3 Å². The van der Waals surface area contributed by atoms with Crippen molar-refractivity contribution < 1.29 is 0 Å². The molecule has 1 aromatic heterocycles. The van der Waals surface area contributed by atoms with Gasteiger partial charge in [-0.25, -0.2) is 4.98 Å². The number of hydrogen-bond donors (Lipinski definition) is 1. The summed E-state index contributed by atoms with van der Waals surface area (Å²) in [4.78, 5) is 4.27. The van der Waals surface area contributed by atoms with E-state index in [-0.39, 0.29) is 0 Å². The molecule has 3 rings (SSSR count). The second-order valence-corrected chi connectivity index (χ2v) is 5.13. The van der Waals surface area contributed by atoms with E-state index in [1.807, 2.05) is 11.6 Å². The predicted molar refractivity (Wildman–Crippen MR) is 53.6 cm³/mol. The molecule has 0 aliphatic heterocycles. The summed E-state index contributed by atoms with van der Waals surface area (Å²) in [5.41, 5.74) is 0. The first kappa shape index (κ1) is 7.94. The van der Waals surface area contributed by atoms with Crippen LogP contribution in [0.1, 0.15) is 24.3 Å². The molecule has 2 aliphatic carbocycles. The second kappa shape index (κ2) is 3.07. The maximum absolute atomic E-state index is 4.27. The molecule has 0 bridgehead atoms. The van der Waals surface area contributed by atoms with Crippen LogP contribution in [0.4, 0.5) is 0 Å². The summed E-state index contributed by atoms with van der Waals surface area (Å²) < 4.78 is 0. The molecule has 3 atom stereocenters. The van der Waals surface area contributed by atoms with Crippen LogP contribution in [0.2, 0.25) is 0 Å². The fourth-order valence-electron chi connectivity index (χ4n) is 2.52. The SMILES string of the molecule is c1csc(CNC2CC[C@@H]3C[C@H]23)n1. The minimum Gasteiger partial charge on any atom is -0.307 e. The Balaban J connectivity index is 1.53. The van der Waals surface area contributed by atoms with Gasteiger partial charge in [0.15, 0.2) is 0 Å². The number of thiazole rings is 1. The lowest BCUT2D eigenvalue weighted by Crippen LogP contribution is -2.28. The van der Waals surface area contributed by atoms with Gasteiger partial charge in [-0.2, -0.15) is 0 Å². The van der Waals surface area contributed by atoms with Crippen LogP contribution in [-0.2, 0) is 6.54 Å². The summed E-state index contributed by atoms with van der Waals surface area (Å²) in [6.07, 6.45) is 6.21. The van der Waals surface area contributed by atoms with Gasteiger partial charge in [0.2, 0.25) is 0 Å². The highest BCUT2D eigenvalue weighted by atomic mass is 32.1. The molecule has 1 heterocycles. The average molecular weight is 194 g/mol. The lowest BCUT2D eigenvalue weighted by atomic mass is 10.2. The number of hydrogen-bond acceptors (Lipinski definition) is 3. The summed E-state index contributed by atoms with van der Waals surface area (Å²) in [6.45, 7) is 0.978.